The lowest BCUT2D eigenvalue weighted by atomic mass is 10.3. The van der Waals surface area contributed by atoms with Crippen LogP contribution in [-0.4, -0.2) is 46.4 Å². The smallest absolute Gasteiger partial charge is 0.359 e. The summed E-state index contributed by atoms with van der Waals surface area (Å²) in [5.41, 5.74) is 1.88. The number of nitrogens with zero attached hydrogens (tertiary/aromatic N) is 3. The van der Waals surface area contributed by atoms with Crippen LogP contribution < -0.4 is 15.4 Å². The van der Waals surface area contributed by atoms with Crippen LogP contribution in [0.1, 0.15) is 21.9 Å². The summed E-state index contributed by atoms with van der Waals surface area (Å²) < 4.78 is 11.5. The number of halogens is 1. The molecule has 2 heterocycles. The number of methoxy groups -OCH3 is 1. The van der Waals surface area contributed by atoms with Gasteiger partial charge in [-0.3, -0.25) is 10.1 Å². The molecule has 0 bridgehead atoms. The minimum Gasteiger partial charge on any atom is -0.497 e. The number of rotatable bonds is 6. The van der Waals surface area contributed by atoms with E-state index < -0.39 is 24.5 Å². The third-order valence-corrected chi connectivity index (χ3v) is 4.49. The molecular weight excluding hydrogens is 438 g/mol. The molecule has 3 aromatic rings. The van der Waals surface area contributed by atoms with E-state index in [4.69, 9.17) is 21.1 Å². The van der Waals surface area contributed by atoms with Gasteiger partial charge >= 0.3 is 12.0 Å². The second-order valence-corrected chi connectivity index (χ2v) is 7.05. The SMILES string of the molecule is COc1ccc(NC(=O)NC(=O)COC(=O)c2nc(-n3nc(C)cc3C)ccc2Cl)cc1. The van der Waals surface area contributed by atoms with Gasteiger partial charge in [-0.05, 0) is 56.3 Å². The molecular formula is C21H20ClN5O5. The molecule has 3 amide bonds. The first-order valence-electron chi connectivity index (χ1n) is 9.39. The van der Waals surface area contributed by atoms with E-state index in [1.165, 1.54) is 13.2 Å². The van der Waals surface area contributed by atoms with Crippen LogP contribution >= 0.6 is 11.6 Å². The summed E-state index contributed by atoms with van der Waals surface area (Å²) >= 11 is 6.07. The van der Waals surface area contributed by atoms with Crippen LogP contribution in [0.5, 0.6) is 5.75 Å². The van der Waals surface area contributed by atoms with Crippen molar-refractivity contribution < 1.29 is 23.9 Å². The van der Waals surface area contributed by atoms with Gasteiger partial charge in [0.15, 0.2) is 18.1 Å². The summed E-state index contributed by atoms with van der Waals surface area (Å²) in [5.74, 6) is -0.748. The second-order valence-electron chi connectivity index (χ2n) is 6.65. The zero-order valence-electron chi connectivity index (χ0n) is 17.5. The van der Waals surface area contributed by atoms with E-state index in [0.29, 0.717) is 17.3 Å². The number of urea groups is 1. The number of pyridine rings is 1. The number of hydrogen-bond donors (Lipinski definition) is 2. The molecule has 0 aliphatic rings. The fourth-order valence-electron chi connectivity index (χ4n) is 2.75. The lowest BCUT2D eigenvalue weighted by molar-refractivity contribution is -0.123. The lowest BCUT2D eigenvalue weighted by Gasteiger charge is -2.09. The van der Waals surface area contributed by atoms with Gasteiger partial charge in [-0.25, -0.2) is 19.3 Å². The third kappa shape index (κ3) is 5.61. The number of carbonyl (C=O) groups excluding carboxylic acids is 3. The topological polar surface area (TPSA) is 124 Å². The predicted molar refractivity (Wildman–Crippen MR) is 116 cm³/mol. The number of esters is 1. The van der Waals surface area contributed by atoms with Crippen LogP contribution in [0.25, 0.3) is 5.82 Å². The van der Waals surface area contributed by atoms with Crippen LogP contribution in [0.15, 0.2) is 42.5 Å². The first-order chi connectivity index (χ1) is 15.3. The largest absolute Gasteiger partial charge is 0.497 e. The van der Waals surface area contributed by atoms with Crippen molar-refractivity contribution in [3.05, 3.63) is 64.6 Å². The molecule has 0 aliphatic carbocycles. The highest BCUT2D eigenvalue weighted by Gasteiger charge is 2.18. The highest BCUT2D eigenvalue weighted by Crippen LogP contribution is 2.19. The Morgan fingerprint density at radius 3 is 2.44 bits per heavy atom. The summed E-state index contributed by atoms with van der Waals surface area (Å²) in [4.78, 5) is 40.5. The van der Waals surface area contributed by atoms with Crippen molar-refractivity contribution in [1.82, 2.24) is 20.1 Å². The maximum Gasteiger partial charge on any atom is 0.359 e. The number of anilines is 1. The van der Waals surface area contributed by atoms with Crippen molar-refractivity contribution in [2.24, 2.45) is 0 Å². The molecule has 2 aromatic heterocycles. The van der Waals surface area contributed by atoms with Crippen molar-refractivity contribution in [3.8, 4) is 11.6 Å². The van der Waals surface area contributed by atoms with Gasteiger partial charge in [-0.2, -0.15) is 5.10 Å². The number of benzene rings is 1. The number of aromatic nitrogens is 3. The lowest BCUT2D eigenvalue weighted by Crippen LogP contribution is -2.37. The fourth-order valence-corrected chi connectivity index (χ4v) is 2.94. The van der Waals surface area contributed by atoms with E-state index in [1.807, 2.05) is 19.9 Å². The molecule has 0 saturated carbocycles. The highest BCUT2D eigenvalue weighted by atomic mass is 35.5. The summed E-state index contributed by atoms with van der Waals surface area (Å²) in [5, 5.41) is 8.89. The van der Waals surface area contributed by atoms with E-state index >= 15 is 0 Å². The number of imide groups is 1. The molecule has 0 aliphatic heterocycles. The average Bonchev–Trinajstić information content (AvgIpc) is 3.10. The van der Waals surface area contributed by atoms with Crippen LogP contribution in [0.2, 0.25) is 5.02 Å². The van der Waals surface area contributed by atoms with Gasteiger partial charge < -0.3 is 14.8 Å². The summed E-state index contributed by atoms with van der Waals surface area (Å²) in [6, 6.07) is 10.7. The van der Waals surface area contributed by atoms with Gasteiger partial charge in [0.25, 0.3) is 5.91 Å². The molecule has 0 radical (unpaired) electrons. The Morgan fingerprint density at radius 2 is 1.81 bits per heavy atom. The Labute approximate surface area is 188 Å². The van der Waals surface area contributed by atoms with Crippen LogP contribution in [0, 0.1) is 13.8 Å². The Kier molecular flexibility index (Phi) is 7.06. The highest BCUT2D eigenvalue weighted by molar-refractivity contribution is 6.33. The molecule has 0 saturated heterocycles. The summed E-state index contributed by atoms with van der Waals surface area (Å²) in [6.07, 6.45) is 0. The van der Waals surface area contributed by atoms with Crippen molar-refractivity contribution >= 4 is 35.2 Å². The van der Waals surface area contributed by atoms with Crippen molar-refractivity contribution in [3.63, 3.8) is 0 Å². The van der Waals surface area contributed by atoms with Gasteiger partial charge in [0.2, 0.25) is 0 Å². The van der Waals surface area contributed by atoms with Gasteiger partial charge in [-0.15, -0.1) is 0 Å². The normalized spacial score (nSPS) is 10.4. The minimum atomic E-state index is -0.913. The zero-order chi connectivity index (χ0) is 23.3. The van der Waals surface area contributed by atoms with Crippen molar-refractivity contribution in [2.75, 3.05) is 19.0 Å². The van der Waals surface area contributed by atoms with Gasteiger partial charge in [0.1, 0.15) is 5.75 Å². The quantitative estimate of drug-likeness (QED) is 0.545. The molecule has 0 spiro atoms. The molecule has 2 N–H and O–H groups in total. The van der Waals surface area contributed by atoms with Crippen molar-refractivity contribution in [2.45, 2.75) is 13.8 Å². The summed E-state index contributed by atoms with van der Waals surface area (Å²) in [6.45, 7) is 2.98. The molecule has 1 aromatic carbocycles. The van der Waals surface area contributed by atoms with Crippen LogP contribution in [0.3, 0.4) is 0 Å². The number of carbonyl (C=O) groups is 3. The second kappa shape index (κ2) is 9.92. The number of aryl methyl sites for hydroxylation is 2. The Bertz CT molecular complexity index is 1160. The Balaban J connectivity index is 1.57. The van der Waals surface area contributed by atoms with E-state index in [0.717, 1.165) is 11.4 Å². The van der Waals surface area contributed by atoms with Crippen LogP contribution in [-0.2, 0) is 9.53 Å². The van der Waals surface area contributed by atoms with E-state index in [9.17, 15) is 14.4 Å². The standard InChI is InChI=1S/C21H20ClN5O5/c1-12-10-13(2)27(26-12)17-9-8-16(22)19(24-17)20(29)32-11-18(28)25-21(30)23-14-4-6-15(31-3)7-5-14/h4-10H,11H2,1-3H3,(H2,23,25,28,30). The maximum atomic E-state index is 12.4. The molecule has 10 nitrogen and oxygen atoms in total. The number of hydrogen-bond acceptors (Lipinski definition) is 7. The predicted octanol–water partition coefficient (Wildman–Crippen LogP) is 3.05. The fraction of sp³-hybridized carbons (Fsp3) is 0.190. The molecule has 0 fully saturated rings. The maximum absolute atomic E-state index is 12.4. The number of amides is 3. The minimum absolute atomic E-state index is 0.0536. The van der Waals surface area contributed by atoms with Gasteiger partial charge in [0.05, 0.1) is 17.8 Å². The summed E-state index contributed by atoms with van der Waals surface area (Å²) in [7, 11) is 1.52. The van der Waals surface area contributed by atoms with E-state index in [-0.39, 0.29) is 10.7 Å². The number of nitrogens with one attached hydrogen (secondary N) is 2. The molecule has 32 heavy (non-hydrogen) atoms. The molecule has 0 atom stereocenters. The zero-order valence-corrected chi connectivity index (χ0v) is 18.3. The third-order valence-electron chi connectivity index (χ3n) is 4.19. The monoisotopic (exact) mass is 457 g/mol. The molecule has 166 valence electrons. The van der Waals surface area contributed by atoms with E-state index in [1.54, 1.807) is 35.0 Å². The number of ether oxygens (including phenoxy) is 2. The molecule has 0 unspecified atom stereocenters. The van der Waals surface area contributed by atoms with Gasteiger partial charge in [-0.1, -0.05) is 11.6 Å². The van der Waals surface area contributed by atoms with Crippen molar-refractivity contribution in [1.29, 1.82) is 0 Å². The molecule has 11 heteroatoms. The van der Waals surface area contributed by atoms with Gasteiger partial charge in [0, 0.05) is 11.4 Å². The van der Waals surface area contributed by atoms with E-state index in [2.05, 4.69) is 20.7 Å². The first kappa shape index (κ1) is 22.8. The first-order valence-corrected chi connectivity index (χ1v) is 9.77. The Morgan fingerprint density at radius 1 is 1.09 bits per heavy atom. The Hall–Kier alpha value is -3.92. The average molecular weight is 458 g/mol. The molecule has 3 rings (SSSR count). The van der Waals surface area contributed by atoms with Crippen LogP contribution in [0.4, 0.5) is 10.5 Å².